The summed E-state index contributed by atoms with van der Waals surface area (Å²) < 4.78 is 27.7. The molecule has 1 aromatic rings. The van der Waals surface area contributed by atoms with E-state index in [-0.39, 0.29) is 0 Å². The highest BCUT2D eigenvalue weighted by Gasteiger charge is 2.21. The van der Waals surface area contributed by atoms with Gasteiger partial charge in [0.15, 0.2) is 0 Å². The number of hydrogen-bond donors (Lipinski definition) is 2. The minimum Gasteiger partial charge on any atom is -0.398 e. The first-order valence-electron chi connectivity index (χ1n) is 7.32. The summed E-state index contributed by atoms with van der Waals surface area (Å²) in [7, 11) is -3.53. The minimum atomic E-state index is -3.53. The predicted molar refractivity (Wildman–Crippen MR) is 88.0 cm³/mol. The number of sulfonamides is 1. The van der Waals surface area contributed by atoms with Crippen molar-refractivity contribution in [1.82, 2.24) is 9.62 Å². The number of rotatable bonds is 7. The van der Waals surface area contributed by atoms with Crippen molar-refractivity contribution < 1.29 is 8.42 Å². The van der Waals surface area contributed by atoms with Crippen molar-refractivity contribution in [3.8, 4) is 0 Å². The first-order chi connectivity index (χ1) is 9.74. The van der Waals surface area contributed by atoms with Gasteiger partial charge in [0.25, 0.3) is 0 Å². The summed E-state index contributed by atoms with van der Waals surface area (Å²) in [5, 5.41) is 0. The molecular weight excluding hydrogens is 286 g/mol. The summed E-state index contributed by atoms with van der Waals surface area (Å²) >= 11 is 0. The number of likely N-dealkylation sites (N-methyl/N-ethyl adjacent to an activating group) is 1. The van der Waals surface area contributed by atoms with E-state index in [4.69, 9.17) is 5.73 Å². The maximum absolute atomic E-state index is 12.5. The second-order valence-corrected chi connectivity index (χ2v) is 7.01. The molecule has 0 aliphatic heterocycles. The van der Waals surface area contributed by atoms with Crippen molar-refractivity contribution in [2.24, 2.45) is 0 Å². The van der Waals surface area contributed by atoms with E-state index in [2.05, 4.69) is 23.5 Å². The van der Waals surface area contributed by atoms with Crippen LogP contribution < -0.4 is 10.5 Å². The summed E-state index contributed by atoms with van der Waals surface area (Å²) in [6.45, 7) is 12.5. The Morgan fingerprint density at radius 3 is 2.24 bits per heavy atom. The second-order valence-electron chi connectivity index (χ2n) is 5.30. The van der Waals surface area contributed by atoms with Crippen LogP contribution >= 0.6 is 0 Å². The molecule has 0 bridgehead atoms. The molecule has 0 fully saturated rings. The number of nitrogens with zero attached hydrogens (tertiary/aromatic N) is 1. The molecule has 3 N–H and O–H groups in total. The van der Waals surface area contributed by atoms with E-state index in [1.165, 1.54) is 0 Å². The Labute approximate surface area is 128 Å². The summed E-state index contributed by atoms with van der Waals surface area (Å²) in [6.07, 6.45) is 0. The lowest BCUT2D eigenvalue weighted by Crippen LogP contribution is -2.35. The summed E-state index contributed by atoms with van der Waals surface area (Å²) in [4.78, 5) is 2.48. The van der Waals surface area contributed by atoms with Gasteiger partial charge < -0.3 is 10.6 Å². The van der Waals surface area contributed by atoms with Crippen LogP contribution in [0, 0.1) is 20.8 Å². The maximum Gasteiger partial charge on any atom is 0.241 e. The molecule has 21 heavy (non-hydrogen) atoms. The lowest BCUT2D eigenvalue weighted by molar-refractivity contribution is 0.309. The van der Waals surface area contributed by atoms with Crippen molar-refractivity contribution in [3.63, 3.8) is 0 Å². The van der Waals surface area contributed by atoms with Crippen LogP contribution in [0.3, 0.4) is 0 Å². The molecule has 0 amide bonds. The summed E-state index contributed by atoms with van der Waals surface area (Å²) in [5.74, 6) is 0. The van der Waals surface area contributed by atoms with E-state index in [1.54, 1.807) is 13.8 Å². The van der Waals surface area contributed by atoms with Crippen LogP contribution in [-0.2, 0) is 10.0 Å². The molecule has 0 saturated carbocycles. The predicted octanol–water partition coefficient (Wildman–Crippen LogP) is 1.81. The van der Waals surface area contributed by atoms with Crippen molar-refractivity contribution >= 4 is 15.7 Å². The van der Waals surface area contributed by atoms with Crippen LogP contribution in [0.15, 0.2) is 11.0 Å². The Kier molecular flexibility index (Phi) is 6.19. The monoisotopic (exact) mass is 313 g/mol. The van der Waals surface area contributed by atoms with Crippen LogP contribution in [0.1, 0.15) is 30.5 Å². The molecule has 1 rings (SSSR count). The van der Waals surface area contributed by atoms with E-state index >= 15 is 0 Å². The van der Waals surface area contributed by atoms with Gasteiger partial charge in [0.1, 0.15) is 0 Å². The average Bonchev–Trinajstić information content (AvgIpc) is 2.40. The van der Waals surface area contributed by atoms with Gasteiger partial charge in [-0.3, -0.25) is 0 Å². The van der Waals surface area contributed by atoms with Crippen LogP contribution in [0.5, 0.6) is 0 Å². The third-order valence-electron chi connectivity index (χ3n) is 3.84. The Hall–Kier alpha value is -1.11. The lowest BCUT2D eigenvalue weighted by atomic mass is 10.1. The van der Waals surface area contributed by atoms with Crippen molar-refractivity contribution in [3.05, 3.63) is 22.8 Å². The van der Waals surface area contributed by atoms with Gasteiger partial charge >= 0.3 is 0 Å². The van der Waals surface area contributed by atoms with Crippen LogP contribution in [0.25, 0.3) is 0 Å². The Morgan fingerprint density at radius 1 is 1.14 bits per heavy atom. The molecule has 0 saturated heterocycles. The third kappa shape index (κ3) is 4.18. The van der Waals surface area contributed by atoms with Crippen LogP contribution in [0.2, 0.25) is 0 Å². The SMILES string of the molecule is CCN(CC)CCNS(=O)(=O)c1c(C)cc(C)c(N)c1C. The summed E-state index contributed by atoms with van der Waals surface area (Å²) in [6, 6.07) is 1.82. The van der Waals surface area contributed by atoms with Crippen molar-refractivity contribution in [2.75, 3.05) is 31.9 Å². The highest BCUT2D eigenvalue weighted by atomic mass is 32.2. The van der Waals surface area contributed by atoms with Gasteiger partial charge in [-0.25, -0.2) is 13.1 Å². The van der Waals surface area contributed by atoms with E-state index in [0.717, 1.165) is 24.2 Å². The number of nitrogens with one attached hydrogen (secondary N) is 1. The highest BCUT2D eigenvalue weighted by molar-refractivity contribution is 7.89. The van der Waals surface area contributed by atoms with Gasteiger partial charge in [0.2, 0.25) is 10.0 Å². The first-order valence-corrected chi connectivity index (χ1v) is 8.81. The lowest BCUT2D eigenvalue weighted by Gasteiger charge is -2.19. The quantitative estimate of drug-likeness (QED) is 0.753. The topological polar surface area (TPSA) is 75.4 Å². The zero-order chi connectivity index (χ0) is 16.2. The molecule has 0 atom stereocenters. The molecule has 0 heterocycles. The molecule has 0 aliphatic rings. The summed E-state index contributed by atoms with van der Waals surface area (Å²) in [5.41, 5.74) is 8.78. The molecular formula is C15H27N3O2S. The van der Waals surface area contributed by atoms with Crippen LogP contribution in [-0.4, -0.2) is 39.5 Å². The molecule has 0 radical (unpaired) electrons. The third-order valence-corrected chi connectivity index (χ3v) is 5.59. The molecule has 0 spiro atoms. The number of nitrogens with two attached hydrogens (primary N) is 1. The van der Waals surface area contributed by atoms with Crippen molar-refractivity contribution in [2.45, 2.75) is 39.5 Å². The fourth-order valence-electron chi connectivity index (χ4n) is 2.55. The Balaban J connectivity index is 2.97. The molecule has 120 valence electrons. The number of hydrogen-bond acceptors (Lipinski definition) is 4. The van der Waals surface area contributed by atoms with Gasteiger partial charge in [-0.05, 0) is 50.6 Å². The van der Waals surface area contributed by atoms with E-state index in [1.807, 2.05) is 13.0 Å². The zero-order valence-electron chi connectivity index (χ0n) is 13.7. The minimum absolute atomic E-state index is 0.310. The van der Waals surface area contributed by atoms with E-state index in [9.17, 15) is 8.42 Å². The first kappa shape index (κ1) is 17.9. The molecule has 0 aromatic heterocycles. The smallest absolute Gasteiger partial charge is 0.241 e. The van der Waals surface area contributed by atoms with Gasteiger partial charge in [0, 0.05) is 18.8 Å². The Morgan fingerprint density at radius 2 is 1.71 bits per heavy atom. The zero-order valence-corrected chi connectivity index (χ0v) is 14.5. The molecule has 5 nitrogen and oxygen atoms in total. The van der Waals surface area contributed by atoms with Gasteiger partial charge in [-0.1, -0.05) is 19.9 Å². The largest absolute Gasteiger partial charge is 0.398 e. The van der Waals surface area contributed by atoms with E-state index < -0.39 is 10.0 Å². The molecule has 0 unspecified atom stereocenters. The standard InChI is InChI=1S/C15H27N3O2S/c1-6-18(7-2)9-8-17-21(19,20)15-12(4)10-11(3)14(16)13(15)5/h10,17H,6-9,16H2,1-5H3. The Bertz CT molecular complexity index is 593. The normalized spacial score (nSPS) is 12.1. The number of aryl methyl sites for hydroxylation is 2. The average molecular weight is 313 g/mol. The number of nitrogen functional groups attached to an aromatic ring is 1. The molecule has 6 heteroatoms. The van der Waals surface area contributed by atoms with E-state index in [0.29, 0.717) is 29.2 Å². The number of anilines is 1. The molecule has 0 aliphatic carbocycles. The second kappa shape index (κ2) is 7.24. The maximum atomic E-state index is 12.5. The van der Waals surface area contributed by atoms with Crippen molar-refractivity contribution in [1.29, 1.82) is 0 Å². The van der Waals surface area contributed by atoms with Gasteiger partial charge in [0.05, 0.1) is 4.90 Å². The van der Waals surface area contributed by atoms with Gasteiger partial charge in [-0.15, -0.1) is 0 Å². The fraction of sp³-hybridized carbons (Fsp3) is 0.600. The molecule has 1 aromatic carbocycles. The fourth-order valence-corrected chi connectivity index (χ4v) is 4.05. The van der Waals surface area contributed by atoms with Crippen LogP contribution in [0.4, 0.5) is 5.69 Å². The number of benzene rings is 1. The highest BCUT2D eigenvalue weighted by Crippen LogP contribution is 2.27. The van der Waals surface area contributed by atoms with Gasteiger partial charge in [-0.2, -0.15) is 0 Å².